The summed E-state index contributed by atoms with van der Waals surface area (Å²) in [5, 5.41) is 9.46. The average Bonchev–Trinajstić information content (AvgIpc) is 2.97. The van der Waals surface area contributed by atoms with E-state index in [2.05, 4.69) is 29.2 Å². The molecule has 2 heteroatoms. The van der Waals surface area contributed by atoms with Gasteiger partial charge in [-0.2, -0.15) is 0 Å². The van der Waals surface area contributed by atoms with Crippen LogP contribution in [-0.2, 0) is 0 Å². The van der Waals surface area contributed by atoms with Crippen LogP contribution in [0.25, 0.3) is 0 Å². The van der Waals surface area contributed by atoms with Crippen molar-refractivity contribution in [1.82, 2.24) is 0 Å². The van der Waals surface area contributed by atoms with E-state index >= 15 is 0 Å². The molecule has 0 heterocycles. The van der Waals surface area contributed by atoms with E-state index in [9.17, 15) is 5.11 Å². The van der Waals surface area contributed by atoms with Crippen LogP contribution in [0.5, 0.6) is 0 Å². The summed E-state index contributed by atoms with van der Waals surface area (Å²) in [6, 6.07) is 8.66. The first-order chi connectivity index (χ1) is 7.09. The Morgan fingerprint density at radius 1 is 1.27 bits per heavy atom. The molecule has 1 fully saturated rings. The summed E-state index contributed by atoms with van der Waals surface area (Å²) in [7, 11) is 4.09. The number of aliphatic hydroxyl groups excluding tert-OH is 1. The van der Waals surface area contributed by atoms with Crippen molar-refractivity contribution < 1.29 is 5.11 Å². The Balaban J connectivity index is 2.06. The minimum Gasteiger partial charge on any atom is -0.393 e. The van der Waals surface area contributed by atoms with Gasteiger partial charge in [-0.15, -0.1) is 0 Å². The Morgan fingerprint density at radius 3 is 2.27 bits per heavy atom. The molecule has 1 aliphatic rings. The van der Waals surface area contributed by atoms with Crippen LogP contribution in [0.3, 0.4) is 0 Å². The molecule has 1 N–H and O–H groups in total. The van der Waals surface area contributed by atoms with E-state index in [1.165, 1.54) is 11.3 Å². The smallest absolute Gasteiger partial charge is 0.0546 e. The number of rotatable bonds is 3. The lowest BCUT2D eigenvalue weighted by molar-refractivity contribution is 0.169. The fourth-order valence-corrected chi connectivity index (χ4v) is 2.15. The standard InChI is InChI=1S/C13H19NO/c1-9(15)12-8-13(12)10-4-6-11(7-5-10)14(2)3/h4-7,9,12-13,15H,8H2,1-3H3/t9-,12+,13-/m0/s1. The van der Waals surface area contributed by atoms with Gasteiger partial charge in [0.05, 0.1) is 6.10 Å². The molecule has 0 aliphatic heterocycles. The van der Waals surface area contributed by atoms with Crippen LogP contribution in [0.4, 0.5) is 5.69 Å². The van der Waals surface area contributed by atoms with Gasteiger partial charge in [0.2, 0.25) is 0 Å². The molecule has 0 spiro atoms. The van der Waals surface area contributed by atoms with Crippen molar-refractivity contribution in [2.45, 2.75) is 25.4 Å². The predicted octanol–water partition coefficient (Wildman–Crippen LogP) is 2.24. The maximum Gasteiger partial charge on any atom is 0.0546 e. The molecule has 0 amide bonds. The SMILES string of the molecule is C[C@H](O)[C@H]1C[C@H]1c1ccc(N(C)C)cc1. The van der Waals surface area contributed by atoms with Gasteiger partial charge in [-0.25, -0.2) is 0 Å². The number of nitrogens with zero attached hydrogens (tertiary/aromatic N) is 1. The molecule has 0 aromatic heterocycles. The summed E-state index contributed by atoms with van der Waals surface area (Å²) in [6.07, 6.45) is 0.974. The fraction of sp³-hybridized carbons (Fsp3) is 0.538. The van der Waals surface area contributed by atoms with Gasteiger partial charge in [0, 0.05) is 19.8 Å². The van der Waals surface area contributed by atoms with E-state index < -0.39 is 0 Å². The molecule has 82 valence electrons. The first-order valence-electron chi connectivity index (χ1n) is 5.55. The first-order valence-corrected chi connectivity index (χ1v) is 5.55. The molecular formula is C13H19NO. The molecule has 0 unspecified atom stereocenters. The topological polar surface area (TPSA) is 23.5 Å². The number of anilines is 1. The lowest BCUT2D eigenvalue weighted by atomic mass is 10.1. The molecule has 3 atom stereocenters. The van der Waals surface area contributed by atoms with Crippen LogP contribution in [0, 0.1) is 5.92 Å². The molecular weight excluding hydrogens is 186 g/mol. The third kappa shape index (κ3) is 2.15. The third-order valence-electron chi connectivity index (χ3n) is 3.30. The summed E-state index contributed by atoms with van der Waals surface area (Å²) in [5.74, 6) is 1.07. The highest BCUT2D eigenvalue weighted by Crippen LogP contribution is 2.49. The number of hydrogen-bond acceptors (Lipinski definition) is 2. The Labute approximate surface area is 91.5 Å². The highest BCUT2D eigenvalue weighted by Gasteiger charge is 2.41. The summed E-state index contributed by atoms with van der Waals surface area (Å²) in [6.45, 7) is 1.89. The first kappa shape index (κ1) is 10.5. The number of benzene rings is 1. The van der Waals surface area contributed by atoms with E-state index in [1.807, 2.05) is 21.0 Å². The van der Waals surface area contributed by atoms with E-state index in [0.29, 0.717) is 11.8 Å². The zero-order valence-corrected chi connectivity index (χ0v) is 9.64. The maximum absolute atomic E-state index is 9.46. The fourth-order valence-electron chi connectivity index (χ4n) is 2.15. The minimum atomic E-state index is -0.163. The molecule has 0 bridgehead atoms. The Hall–Kier alpha value is -1.02. The van der Waals surface area contributed by atoms with Gasteiger partial charge in [0.1, 0.15) is 0 Å². The summed E-state index contributed by atoms with van der Waals surface area (Å²) >= 11 is 0. The van der Waals surface area contributed by atoms with E-state index in [4.69, 9.17) is 0 Å². The molecule has 1 aromatic rings. The highest BCUT2D eigenvalue weighted by molar-refractivity contribution is 5.47. The van der Waals surface area contributed by atoms with Gasteiger partial charge < -0.3 is 10.0 Å². The van der Waals surface area contributed by atoms with Gasteiger partial charge in [0.15, 0.2) is 0 Å². The highest BCUT2D eigenvalue weighted by atomic mass is 16.3. The molecule has 1 aromatic carbocycles. The Kier molecular flexibility index (Phi) is 2.70. The number of hydrogen-bond donors (Lipinski definition) is 1. The van der Waals surface area contributed by atoms with Gasteiger partial charge in [-0.3, -0.25) is 0 Å². The molecule has 0 saturated heterocycles. The molecule has 15 heavy (non-hydrogen) atoms. The van der Waals surface area contributed by atoms with E-state index in [0.717, 1.165) is 6.42 Å². The van der Waals surface area contributed by atoms with E-state index in [-0.39, 0.29) is 6.10 Å². The lowest BCUT2D eigenvalue weighted by Gasteiger charge is -2.12. The minimum absolute atomic E-state index is 0.163. The average molecular weight is 205 g/mol. The summed E-state index contributed by atoms with van der Waals surface area (Å²) in [4.78, 5) is 2.10. The molecule has 0 radical (unpaired) electrons. The van der Waals surface area contributed by atoms with Crippen molar-refractivity contribution in [3.63, 3.8) is 0 Å². The van der Waals surface area contributed by atoms with Crippen molar-refractivity contribution in [1.29, 1.82) is 0 Å². The van der Waals surface area contributed by atoms with Crippen molar-refractivity contribution in [3.05, 3.63) is 29.8 Å². The summed E-state index contributed by atoms with van der Waals surface area (Å²) in [5.41, 5.74) is 2.60. The van der Waals surface area contributed by atoms with Crippen molar-refractivity contribution in [2.75, 3.05) is 19.0 Å². The Bertz CT molecular complexity index is 329. The quantitative estimate of drug-likeness (QED) is 0.818. The van der Waals surface area contributed by atoms with Crippen LogP contribution in [0.2, 0.25) is 0 Å². The van der Waals surface area contributed by atoms with Crippen molar-refractivity contribution in [3.8, 4) is 0 Å². The van der Waals surface area contributed by atoms with Crippen LogP contribution >= 0.6 is 0 Å². The maximum atomic E-state index is 9.46. The van der Waals surface area contributed by atoms with Gasteiger partial charge in [-0.1, -0.05) is 12.1 Å². The van der Waals surface area contributed by atoms with Gasteiger partial charge >= 0.3 is 0 Å². The molecule has 1 saturated carbocycles. The second kappa shape index (κ2) is 3.86. The van der Waals surface area contributed by atoms with E-state index in [1.54, 1.807) is 0 Å². The Morgan fingerprint density at radius 2 is 1.87 bits per heavy atom. The molecule has 2 nitrogen and oxygen atoms in total. The summed E-state index contributed by atoms with van der Waals surface area (Å²) < 4.78 is 0. The van der Waals surface area contributed by atoms with Crippen LogP contribution in [0.15, 0.2) is 24.3 Å². The van der Waals surface area contributed by atoms with Gasteiger partial charge in [0.25, 0.3) is 0 Å². The normalized spacial score (nSPS) is 26.1. The second-order valence-corrected chi connectivity index (χ2v) is 4.73. The molecule has 1 aliphatic carbocycles. The van der Waals surface area contributed by atoms with Crippen LogP contribution in [-0.4, -0.2) is 25.3 Å². The molecule has 2 rings (SSSR count). The van der Waals surface area contributed by atoms with Crippen LogP contribution in [0.1, 0.15) is 24.8 Å². The largest absolute Gasteiger partial charge is 0.393 e. The van der Waals surface area contributed by atoms with Crippen molar-refractivity contribution in [2.24, 2.45) is 5.92 Å². The zero-order chi connectivity index (χ0) is 11.0. The second-order valence-electron chi connectivity index (χ2n) is 4.73. The predicted molar refractivity (Wildman–Crippen MR) is 63.3 cm³/mol. The van der Waals surface area contributed by atoms with Crippen molar-refractivity contribution >= 4 is 5.69 Å². The number of aliphatic hydroxyl groups is 1. The van der Waals surface area contributed by atoms with Gasteiger partial charge in [-0.05, 0) is 42.9 Å². The monoisotopic (exact) mass is 205 g/mol. The van der Waals surface area contributed by atoms with Crippen LogP contribution < -0.4 is 4.90 Å². The third-order valence-corrected chi connectivity index (χ3v) is 3.30. The zero-order valence-electron chi connectivity index (χ0n) is 9.64. The lowest BCUT2D eigenvalue weighted by Crippen LogP contribution is -2.08.